The van der Waals surface area contributed by atoms with Crippen molar-refractivity contribution in [2.45, 2.75) is 18.9 Å². The van der Waals surface area contributed by atoms with Crippen LogP contribution in [0.25, 0.3) is 0 Å². The predicted octanol–water partition coefficient (Wildman–Crippen LogP) is 3.11. The first-order chi connectivity index (χ1) is 8.81. The molecule has 18 heavy (non-hydrogen) atoms. The van der Waals surface area contributed by atoms with E-state index in [9.17, 15) is 5.11 Å². The molecule has 0 unspecified atom stereocenters. The molecule has 1 aliphatic carbocycles. The van der Waals surface area contributed by atoms with E-state index in [1.54, 1.807) is 18.3 Å². The van der Waals surface area contributed by atoms with E-state index in [0.29, 0.717) is 6.04 Å². The maximum absolute atomic E-state index is 9.25. The van der Waals surface area contributed by atoms with Crippen LogP contribution >= 0.6 is 0 Å². The molecule has 1 aromatic heterocycles. The largest absolute Gasteiger partial charge is 0.508 e. The third kappa shape index (κ3) is 2.53. The summed E-state index contributed by atoms with van der Waals surface area (Å²) < 4.78 is 0. The first kappa shape index (κ1) is 10.9. The summed E-state index contributed by atoms with van der Waals surface area (Å²) in [6.45, 7) is 0. The molecule has 0 bridgehead atoms. The molecule has 1 heterocycles. The standard InChI is InChI=1S/C14H15N3O/c18-12-7-5-11(6-8-12)17-14-13(2-1-9-15-14)16-10-3-4-10/h1-2,5-10,16,18H,3-4H2,(H,15,17). The summed E-state index contributed by atoms with van der Waals surface area (Å²) >= 11 is 0. The van der Waals surface area contributed by atoms with Crippen LogP contribution in [0.15, 0.2) is 42.6 Å². The van der Waals surface area contributed by atoms with Gasteiger partial charge in [0, 0.05) is 17.9 Å². The van der Waals surface area contributed by atoms with Crippen LogP contribution in [0.4, 0.5) is 17.2 Å². The van der Waals surface area contributed by atoms with Crippen LogP contribution in [0.5, 0.6) is 5.75 Å². The number of nitrogens with zero attached hydrogens (tertiary/aromatic N) is 1. The minimum absolute atomic E-state index is 0.262. The number of nitrogens with one attached hydrogen (secondary N) is 2. The number of phenols is 1. The zero-order valence-electron chi connectivity index (χ0n) is 9.93. The Balaban J connectivity index is 1.80. The summed E-state index contributed by atoms with van der Waals surface area (Å²) in [5.74, 6) is 1.08. The number of aromatic hydroxyl groups is 1. The smallest absolute Gasteiger partial charge is 0.153 e. The van der Waals surface area contributed by atoms with Gasteiger partial charge in [0.2, 0.25) is 0 Å². The fourth-order valence-electron chi connectivity index (χ4n) is 1.75. The van der Waals surface area contributed by atoms with Crippen LogP contribution in [-0.2, 0) is 0 Å². The van der Waals surface area contributed by atoms with Gasteiger partial charge in [0.15, 0.2) is 5.82 Å². The van der Waals surface area contributed by atoms with Crippen molar-refractivity contribution < 1.29 is 5.11 Å². The number of pyridine rings is 1. The lowest BCUT2D eigenvalue weighted by Crippen LogP contribution is -2.05. The van der Waals surface area contributed by atoms with Gasteiger partial charge >= 0.3 is 0 Å². The number of phenolic OH excluding ortho intramolecular Hbond substituents is 1. The van der Waals surface area contributed by atoms with Crippen molar-refractivity contribution in [3.63, 3.8) is 0 Å². The van der Waals surface area contributed by atoms with Crippen LogP contribution < -0.4 is 10.6 Å². The van der Waals surface area contributed by atoms with Gasteiger partial charge in [0.25, 0.3) is 0 Å². The zero-order chi connectivity index (χ0) is 12.4. The molecule has 1 aromatic carbocycles. The predicted molar refractivity (Wildman–Crippen MR) is 72.3 cm³/mol. The molecule has 0 amide bonds. The van der Waals surface area contributed by atoms with E-state index in [0.717, 1.165) is 17.2 Å². The Morgan fingerprint density at radius 1 is 1.11 bits per heavy atom. The minimum Gasteiger partial charge on any atom is -0.508 e. The molecular weight excluding hydrogens is 226 g/mol. The summed E-state index contributed by atoms with van der Waals surface area (Å²) in [5, 5.41) is 15.9. The van der Waals surface area contributed by atoms with Crippen molar-refractivity contribution in [2.24, 2.45) is 0 Å². The number of benzene rings is 1. The van der Waals surface area contributed by atoms with E-state index in [1.165, 1.54) is 12.8 Å². The molecule has 4 heteroatoms. The van der Waals surface area contributed by atoms with E-state index in [2.05, 4.69) is 15.6 Å². The second-order valence-corrected chi connectivity index (χ2v) is 4.49. The van der Waals surface area contributed by atoms with Crippen molar-refractivity contribution >= 4 is 17.2 Å². The summed E-state index contributed by atoms with van der Waals surface area (Å²) in [6.07, 6.45) is 4.22. The van der Waals surface area contributed by atoms with Gasteiger partial charge in [-0.3, -0.25) is 0 Å². The van der Waals surface area contributed by atoms with Crippen molar-refractivity contribution in [1.29, 1.82) is 0 Å². The lowest BCUT2D eigenvalue weighted by atomic mass is 10.3. The van der Waals surface area contributed by atoms with Gasteiger partial charge in [-0.1, -0.05) is 0 Å². The summed E-state index contributed by atoms with van der Waals surface area (Å²) in [4.78, 5) is 4.34. The SMILES string of the molecule is Oc1ccc(Nc2ncccc2NC2CC2)cc1. The highest BCUT2D eigenvalue weighted by Gasteiger charge is 2.22. The van der Waals surface area contributed by atoms with Gasteiger partial charge in [-0.15, -0.1) is 0 Å². The Kier molecular flexibility index (Phi) is 2.76. The van der Waals surface area contributed by atoms with Crippen LogP contribution in [0.3, 0.4) is 0 Å². The summed E-state index contributed by atoms with van der Waals surface area (Å²) in [7, 11) is 0. The maximum atomic E-state index is 9.25. The van der Waals surface area contributed by atoms with Crippen LogP contribution in [0.2, 0.25) is 0 Å². The van der Waals surface area contributed by atoms with Crippen molar-refractivity contribution in [2.75, 3.05) is 10.6 Å². The molecule has 1 fully saturated rings. The van der Waals surface area contributed by atoms with E-state index in [4.69, 9.17) is 0 Å². The summed E-state index contributed by atoms with van der Waals surface area (Å²) in [6, 6.07) is 11.5. The number of anilines is 3. The first-order valence-electron chi connectivity index (χ1n) is 6.09. The van der Waals surface area contributed by atoms with Gasteiger partial charge in [0.1, 0.15) is 5.75 Å². The molecular formula is C14H15N3O. The summed E-state index contributed by atoms with van der Waals surface area (Å²) in [5.41, 5.74) is 1.93. The van der Waals surface area contributed by atoms with Gasteiger partial charge in [-0.25, -0.2) is 4.98 Å². The van der Waals surface area contributed by atoms with Gasteiger partial charge in [-0.05, 0) is 49.2 Å². The van der Waals surface area contributed by atoms with E-state index < -0.39 is 0 Å². The third-order valence-corrected chi connectivity index (χ3v) is 2.87. The Labute approximate surface area is 106 Å². The quantitative estimate of drug-likeness (QED) is 0.720. The highest BCUT2D eigenvalue weighted by Crippen LogP contribution is 2.29. The number of rotatable bonds is 4. The second kappa shape index (κ2) is 4.56. The second-order valence-electron chi connectivity index (χ2n) is 4.49. The molecule has 0 spiro atoms. The van der Waals surface area contributed by atoms with Crippen molar-refractivity contribution in [3.05, 3.63) is 42.6 Å². The molecule has 3 rings (SSSR count). The number of aromatic nitrogens is 1. The molecule has 2 aromatic rings. The number of hydrogen-bond donors (Lipinski definition) is 3. The van der Waals surface area contributed by atoms with E-state index in [1.807, 2.05) is 24.3 Å². The minimum atomic E-state index is 0.262. The fraction of sp³-hybridized carbons (Fsp3) is 0.214. The lowest BCUT2D eigenvalue weighted by molar-refractivity contribution is 0.475. The van der Waals surface area contributed by atoms with Gasteiger partial charge in [0.05, 0.1) is 5.69 Å². The monoisotopic (exact) mass is 241 g/mol. The lowest BCUT2D eigenvalue weighted by Gasteiger charge is -2.12. The number of hydrogen-bond acceptors (Lipinski definition) is 4. The topological polar surface area (TPSA) is 57.2 Å². The van der Waals surface area contributed by atoms with Crippen LogP contribution in [-0.4, -0.2) is 16.1 Å². The Hall–Kier alpha value is -2.23. The Morgan fingerprint density at radius 2 is 1.89 bits per heavy atom. The fourth-order valence-corrected chi connectivity index (χ4v) is 1.75. The third-order valence-electron chi connectivity index (χ3n) is 2.87. The van der Waals surface area contributed by atoms with E-state index >= 15 is 0 Å². The highest BCUT2D eigenvalue weighted by atomic mass is 16.3. The molecule has 0 saturated heterocycles. The normalized spacial score (nSPS) is 14.2. The maximum Gasteiger partial charge on any atom is 0.153 e. The molecule has 0 radical (unpaired) electrons. The highest BCUT2D eigenvalue weighted by molar-refractivity contribution is 5.71. The molecule has 0 atom stereocenters. The van der Waals surface area contributed by atoms with Crippen LogP contribution in [0, 0.1) is 0 Å². The molecule has 3 N–H and O–H groups in total. The van der Waals surface area contributed by atoms with Crippen molar-refractivity contribution in [1.82, 2.24) is 4.98 Å². The van der Waals surface area contributed by atoms with Crippen LogP contribution in [0.1, 0.15) is 12.8 Å². The Morgan fingerprint density at radius 3 is 2.61 bits per heavy atom. The van der Waals surface area contributed by atoms with Gasteiger partial charge in [-0.2, -0.15) is 0 Å². The molecule has 4 nitrogen and oxygen atoms in total. The molecule has 0 aliphatic heterocycles. The van der Waals surface area contributed by atoms with Crippen molar-refractivity contribution in [3.8, 4) is 5.75 Å². The van der Waals surface area contributed by atoms with E-state index in [-0.39, 0.29) is 5.75 Å². The first-order valence-corrected chi connectivity index (χ1v) is 6.09. The average Bonchev–Trinajstić information content (AvgIpc) is 3.18. The van der Waals surface area contributed by atoms with Gasteiger partial charge < -0.3 is 15.7 Å². The Bertz CT molecular complexity index is 535. The molecule has 1 saturated carbocycles. The molecule has 1 aliphatic rings. The molecule has 92 valence electrons. The average molecular weight is 241 g/mol. The zero-order valence-corrected chi connectivity index (χ0v) is 9.93.